The maximum absolute atomic E-state index is 12.3. The maximum Gasteiger partial charge on any atom is 0.139 e. The molecule has 0 bridgehead atoms. The standard InChI is InChI=1S/C16H29NO2/c1-12(2)16(19)14-9-6-5-8-13(14)15(18)10-7-11-17(3)4/h12-14H,5-11H2,1-4H3/t13-,14+/m1/s1. The summed E-state index contributed by atoms with van der Waals surface area (Å²) < 4.78 is 0. The van der Waals surface area contributed by atoms with Gasteiger partial charge in [0.1, 0.15) is 11.6 Å². The zero-order valence-electron chi connectivity index (χ0n) is 12.9. The van der Waals surface area contributed by atoms with E-state index in [4.69, 9.17) is 0 Å². The number of rotatable bonds is 7. The molecule has 1 rings (SSSR count). The van der Waals surface area contributed by atoms with Gasteiger partial charge in [0.25, 0.3) is 0 Å². The Morgan fingerprint density at radius 2 is 1.68 bits per heavy atom. The molecule has 0 aromatic rings. The third-order valence-electron chi connectivity index (χ3n) is 4.14. The highest BCUT2D eigenvalue weighted by Gasteiger charge is 2.35. The highest BCUT2D eigenvalue weighted by Crippen LogP contribution is 2.33. The van der Waals surface area contributed by atoms with E-state index in [-0.39, 0.29) is 17.8 Å². The van der Waals surface area contributed by atoms with Gasteiger partial charge in [0.05, 0.1) is 0 Å². The fourth-order valence-corrected chi connectivity index (χ4v) is 3.04. The molecule has 1 aliphatic carbocycles. The molecular formula is C16H29NO2. The van der Waals surface area contributed by atoms with Crippen molar-refractivity contribution in [1.29, 1.82) is 0 Å². The third kappa shape index (κ3) is 5.06. The largest absolute Gasteiger partial charge is 0.309 e. The van der Waals surface area contributed by atoms with Crippen LogP contribution in [-0.4, -0.2) is 37.1 Å². The van der Waals surface area contributed by atoms with E-state index in [2.05, 4.69) is 4.90 Å². The molecule has 3 nitrogen and oxygen atoms in total. The Labute approximate surface area is 117 Å². The number of carbonyl (C=O) groups is 2. The number of ketones is 2. The van der Waals surface area contributed by atoms with Crippen molar-refractivity contribution in [3.63, 3.8) is 0 Å². The highest BCUT2D eigenvalue weighted by atomic mass is 16.1. The molecule has 0 saturated heterocycles. The van der Waals surface area contributed by atoms with Crippen molar-refractivity contribution in [2.24, 2.45) is 17.8 Å². The topological polar surface area (TPSA) is 37.4 Å². The van der Waals surface area contributed by atoms with E-state index < -0.39 is 0 Å². The molecule has 1 saturated carbocycles. The first-order valence-corrected chi connectivity index (χ1v) is 7.64. The number of nitrogens with zero attached hydrogens (tertiary/aromatic N) is 1. The molecule has 0 aliphatic heterocycles. The molecule has 3 heteroatoms. The van der Waals surface area contributed by atoms with Crippen molar-refractivity contribution in [3.05, 3.63) is 0 Å². The van der Waals surface area contributed by atoms with Crippen LogP contribution in [0.2, 0.25) is 0 Å². The van der Waals surface area contributed by atoms with Crippen LogP contribution in [0.4, 0.5) is 0 Å². The third-order valence-corrected chi connectivity index (χ3v) is 4.14. The van der Waals surface area contributed by atoms with Gasteiger partial charge >= 0.3 is 0 Å². The van der Waals surface area contributed by atoms with E-state index in [1.807, 2.05) is 27.9 Å². The lowest BCUT2D eigenvalue weighted by Gasteiger charge is -2.30. The second-order valence-electron chi connectivity index (χ2n) is 6.43. The summed E-state index contributed by atoms with van der Waals surface area (Å²) in [6.45, 7) is 4.84. The smallest absolute Gasteiger partial charge is 0.139 e. The summed E-state index contributed by atoms with van der Waals surface area (Å²) >= 11 is 0. The van der Waals surface area contributed by atoms with Gasteiger partial charge in [-0.05, 0) is 39.9 Å². The second-order valence-corrected chi connectivity index (χ2v) is 6.43. The molecule has 0 radical (unpaired) electrons. The van der Waals surface area contributed by atoms with Crippen LogP contribution in [0.15, 0.2) is 0 Å². The van der Waals surface area contributed by atoms with Crippen LogP contribution >= 0.6 is 0 Å². The van der Waals surface area contributed by atoms with E-state index in [9.17, 15) is 9.59 Å². The predicted octanol–water partition coefficient (Wildman–Crippen LogP) is 2.93. The highest BCUT2D eigenvalue weighted by molar-refractivity contribution is 5.90. The first kappa shape index (κ1) is 16.4. The minimum atomic E-state index is 0.000561. The molecule has 110 valence electrons. The summed E-state index contributed by atoms with van der Waals surface area (Å²) in [6.07, 6.45) is 5.58. The number of Topliss-reactive ketones (excluding diaryl/α,β-unsaturated/α-hetero) is 2. The van der Waals surface area contributed by atoms with Crippen molar-refractivity contribution in [2.45, 2.75) is 52.4 Å². The first-order valence-electron chi connectivity index (χ1n) is 7.64. The summed E-state index contributed by atoms with van der Waals surface area (Å²) in [4.78, 5) is 26.7. The average molecular weight is 267 g/mol. The molecule has 0 unspecified atom stereocenters. The van der Waals surface area contributed by atoms with Gasteiger partial charge in [0, 0.05) is 24.2 Å². The Hall–Kier alpha value is -0.700. The second kappa shape index (κ2) is 7.78. The van der Waals surface area contributed by atoms with Crippen molar-refractivity contribution >= 4 is 11.6 Å². The maximum atomic E-state index is 12.3. The minimum absolute atomic E-state index is 0.000561. The zero-order valence-corrected chi connectivity index (χ0v) is 12.9. The van der Waals surface area contributed by atoms with Gasteiger partial charge in [-0.15, -0.1) is 0 Å². The van der Waals surface area contributed by atoms with Gasteiger partial charge in [-0.1, -0.05) is 26.7 Å². The lowest BCUT2D eigenvalue weighted by molar-refractivity contribution is -0.136. The van der Waals surface area contributed by atoms with Gasteiger partial charge < -0.3 is 4.90 Å². The molecule has 1 aliphatic rings. The van der Waals surface area contributed by atoms with E-state index in [0.29, 0.717) is 18.0 Å². The zero-order chi connectivity index (χ0) is 14.4. The van der Waals surface area contributed by atoms with Crippen LogP contribution in [0.5, 0.6) is 0 Å². The average Bonchev–Trinajstić information content (AvgIpc) is 2.37. The lowest BCUT2D eigenvalue weighted by Crippen LogP contribution is -2.35. The molecule has 0 aromatic heterocycles. The predicted molar refractivity (Wildman–Crippen MR) is 78.1 cm³/mol. The molecule has 0 spiro atoms. The van der Waals surface area contributed by atoms with E-state index in [1.54, 1.807) is 0 Å². The van der Waals surface area contributed by atoms with E-state index >= 15 is 0 Å². The van der Waals surface area contributed by atoms with Crippen LogP contribution in [-0.2, 0) is 9.59 Å². The van der Waals surface area contributed by atoms with Gasteiger partial charge in [0.15, 0.2) is 0 Å². The van der Waals surface area contributed by atoms with E-state index in [1.165, 1.54) is 0 Å². The van der Waals surface area contributed by atoms with Gasteiger partial charge in [-0.2, -0.15) is 0 Å². The fourth-order valence-electron chi connectivity index (χ4n) is 3.04. The normalized spacial score (nSPS) is 23.9. The SMILES string of the molecule is CC(C)C(=O)[C@H]1CCCC[C@H]1C(=O)CCCN(C)C. The van der Waals surface area contributed by atoms with Crippen molar-refractivity contribution in [3.8, 4) is 0 Å². The van der Waals surface area contributed by atoms with Crippen LogP contribution in [0, 0.1) is 17.8 Å². The fraction of sp³-hybridized carbons (Fsp3) is 0.875. The van der Waals surface area contributed by atoms with Gasteiger partial charge in [0.2, 0.25) is 0 Å². The summed E-state index contributed by atoms with van der Waals surface area (Å²) in [6, 6.07) is 0. The van der Waals surface area contributed by atoms with Crippen LogP contribution in [0.25, 0.3) is 0 Å². The molecule has 0 aromatic carbocycles. The molecule has 0 amide bonds. The summed E-state index contributed by atoms with van der Waals surface area (Å²) in [5.41, 5.74) is 0. The lowest BCUT2D eigenvalue weighted by atomic mass is 9.72. The summed E-state index contributed by atoms with van der Waals surface area (Å²) in [5.74, 6) is 0.679. The minimum Gasteiger partial charge on any atom is -0.309 e. The monoisotopic (exact) mass is 267 g/mol. The quantitative estimate of drug-likeness (QED) is 0.711. The molecule has 0 N–H and O–H groups in total. The van der Waals surface area contributed by atoms with Crippen LogP contribution in [0.3, 0.4) is 0 Å². The number of carbonyl (C=O) groups excluding carboxylic acids is 2. The molecule has 0 heterocycles. The first-order chi connectivity index (χ1) is 8.93. The van der Waals surface area contributed by atoms with Crippen molar-refractivity contribution in [2.75, 3.05) is 20.6 Å². The Morgan fingerprint density at radius 3 is 2.21 bits per heavy atom. The molecular weight excluding hydrogens is 238 g/mol. The van der Waals surface area contributed by atoms with Crippen LogP contribution < -0.4 is 0 Å². The Bertz CT molecular complexity index is 310. The Kier molecular flexibility index (Phi) is 6.70. The molecule has 1 fully saturated rings. The van der Waals surface area contributed by atoms with Crippen molar-refractivity contribution in [1.82, 2.24) is 4.90 Å². The Balaban J connectivity index is 2.56. The molecule has 2 atom stereocenters. The summed E-state index contributed by atoms with van der Waals surface area (Å²) in [7, 11) is 4.05. The van der Waals surface area contributed by atoms with Crippen molar-refractivity contribution < 1.29 is 9.59 Å². The van der Waals surface area contributed by atoms with Gasteiger partial charge in [-0.25, -0.2) is 0 Å². The Morgan fingerprint density at radius 1 is 1.11 bits per heavy atom. The number of hydrogen-bond donors (Lipinski definition) is 0. The van der Waals surface area contributed by atoms with Gasteiger partial charge in [-0.3, -0.25) is 9.59 Å². The molecule has 19 heavy (non-hydrogen) atoms. The summed E-state index contributed by atoms with van der Waals surface area (Å²) in [5, 5.41) is 0. The number of hydrogen-bond acceptors (Lipinski definition) is 3. The van der Waals surface area contributed by atoms with Crippen LogP contribution in [0.1, 0.15) is 52.4 Å². The van der Waals surface area contributed by atoms with E-state index in [0.717, 1.165) is 38.6 Å².